The molecule has 2 heterocycles. The van der Waals surface area contributed by atoms with Crippen molar-refractivity contribution < 1.29 is 9.90 Å². The zero-order valence-electron chi connectivity index (χ0n) is 8.75. The summed E-state index contributed by atoms with van der Waals surface area (Å²) in [6.07, 6.45) is 1.49. The molecule has 2 aromatic rings. The van der Waals surface area contributed by atoms with E-state index in [0.29, 0.717) is 10.2 Å². The lowest BCUT2D eigenvalue weighted by molar-refractivity contribution is 0.0692. The lowest BCUT2D eigenvalue weighted by Gasteiger charge is -2.02. The number of carboxylic acids is 1. The first-order valence-corrected chi connectivity index (χ1v) is 5.39. The van der Waals surface area contributed by atoms with Gasteiger partial charge in [-0.1, -0.05) is 0 Å². The molecule has 7 nitrogen and oxygen atoms in total. The van der Waals surface area contributed by atoms with Crippen molar-refractivity contribution in [2.24, 2.45) is 7.05 Å². The van der Waals surface area contributed by atoms with Crippen molar-refractivity contribution >= 4 is 17.7 Å². The highest BCUT2D eigenvalue weighted by Crippen LogP contribution is 2.25. The Morgan fingerprint density at radius 2 is 2.35 bits per heavy atom. The fourth-order valence-electron chi connectivity index (χ4n) is 1.15. The van der Waals surface area contributed by atoms with E-state index in [1.807, 2.05) is 0 Å². The molecular weight excluding hydrogens is 244 g/mol. The Morgan fingerprint density at radius 1 is 1.59 bits per heavy atom. The van der Waals surface area contributed by atoms with E-state index in [0.717, 1.165) is 11.8 Å². The Kier molecular flexibility index (Phi) is 2.96. The van der Waals surface area contributed by atoms with Crippen LogP contribution < -0.4 is 5.69 Å². The van der Waals surface area contributed by atoms with Crippen molar-refractivity contribution in [3.63, 3.8) is 0 Å². The van der Waals surface area contributed by atoms with Crippen LogP contribution >= 0.6 is 11.8 Å². The predicted molar refractivity (Wildman–Crippen MR) is 59.1 cm³/mol. The van der Waals surface area contributed by atoms with Gasteiger partial charge in [-0.25, -0.2) is 19.7 Å². The zero-order valence-corrected chi connectivity index (χ0v) is 9.56. The van der Waals surface area contributed by atoms with Crippen molar-refractivity contribution in [1.29, 1.82) is 0 Å². The molecule has 0 aliphatic carbocycles. The lowest BCUT2D eigenvalue weighted by Crippen LogP contribution is -2.13. The summed E-state index contributed by atoms with van der Waals surface area (Å²) in [4.78, 5) is 26.1. The first-order valence-electron chi connectivity index (χ1n) is 4.57. The molecule has 17 heavy (non-hydrogen) atoms. The Labute approximate surface area is 99.5 Å². The van der Waals surface area contributed by atoms with Gasteiger partial charge >= 0.3 is 11.7 Å². The maximum absolute atomic E-state index is 11.1. The van der Waals surface area contributed by atoms with Gasteiger partial charge in [0.05, 0.1) is 5.56 Å². The highest BCUT2D eigenvalue weighted by Gasteiger charge is 2.14. The summed E-state index contributed by atoms with van der Waals surface area (Å²) in [5, 5.41) is 15.7. The van der Waals surface area contributed by atoms with Gasteiger partial charge < -0.3 is 5.11 Å². The van der Waals surface area contributed by atoms with Crippen LogP contribution in [0.2, 0.25) is 0 Å². The molecule has 2 N–H and O–H groups in total. The maximum Gasteiger partial charge on any atom is 0.343 e. The molecule has 0 amide bonds. The minimum absolute atomic E-state index is 0.0768. The average molecular weight is 252 g/mol. The molecule has 0 unspecified atom stereocenters. The summed E-state index contributed by atoms with van der Waals surface area (Å²) in [5.74, 6) is -1.07. The number of aromatic carboxylic acids is 1. The third kappa shape index (κ3) is 2.21. The summed E-state index contributed by atoms with van der Waals surface area (Å²) < 4.78 is 1.28. The van der Waals surface area contributed by atoms with Gasteiger partial charge in [0.2, 0.25) is 0 Å². The Balaban J connectivity index is 2.40. The SMILES string of the molecule is Cn1c(Sc2ncccc2C(=O)O)n[nH]c1=O. The normalized spacial score (nSPS) is 10.4. The van der Waals surface area contributed by atoms with E-state index in [4.69, 9.17) is 5.11 Å². The largest absolute Gasteiger partial charge is 0.478 e. The molecule has 0 aliphatic heterocycles. The number of nitrogens with one attached hydrogen (secondary N) is 1. The van der Waals surface area contributed by atoms with E-state index >= 15 is 0 Å². The minimum atomic E-state index is -1.07. The fraction of sp³-hybridized carbons (Fsp3) is 0.111. The fourth-order valence-corrected chi connectivity index (χ4v) is 2.01. The van der Waals surface area contributed by atoms with Gasteiger partial charge in [-0.2, -0.15) is 0 Å². The second-order valence-electron chi connectivity index (χ2n) is 3.13. The molecule has 0 aromatic carbocycles. The Hall–Kier alpha value is -2.09. The van der Waals surface area contributed by atoms with Crippen LogP contribution in [0.15, 0.2) is 33.3 Å². The van der Waals surface area contributed by atoms with Gasteiger partial charge in [0.15, 0.2) is 5.16 Å². The molecule has 0 fully saturated rings. The van der Waals surface area contributed by atoms with Crippen LogP contribution in [0.1, 0.15) is 10.4 Å². The summed E-state index contributed by atoms with van der Waals surface area (Å²) >= 11 is 1.02. The van der Waals surface area contributed by atoms with Gasteiger partial charge in [0, 0.05) is 13.2 Å². The maximum atomic E-state index is 11.1. The standard InChI is InChI=1S/C9H8N4O3S/c1-13-8(16)11-12-9(13)17-6-5(7(14)15)3-2-4-10-6/h2-4H,1H3,(H,11,16)(H,14,15). The number of pyridine rings is 1. The number of aromatic amines is 1. The van der Waals surface area contributed by atoms with Crippen LogP contribution in [-0.4, -0.2) is 30.8 Å². The molecule has 2 aromatic heterocycles. The molecule has 88 valence electrons. The number of hydrogen-bond donors (Lipinski definition) is 2. The van der Waals surface area contributed by atoms with Gasteiger partial charge in [-0.3, -0.25) is 4.57 Å². The lowest BCUT2D eigenvalue weighted by atomic mass is 10.3. The number of aromatic nitrogens is 4. The first-order chi connectivity index (χ1) is 8.09. The number of carboxylic acid groups (broad SMARTS) is 1. The van der Waals surface area contributed by atoms with Crippen LogP contribution in [-0.2, 0) is 7.05 Å². The highest BCUT2D eigenvalue weighted by atomic mass is 32.2. The Bertz CT molecular complexity index is 619. The van der Waals surface area contributed by atoms with Crippen molar-refractivity contribution in [2.45, 2.75) is 10.2 Å². The first kappa shape index (κ1) is 11.4. The molecule has 0 saturated heterocycles. The molecule has 0 spiro atoms. The van der Waals surface area contributed by atoms with E-state index in [2.05, 4.69) is 15.2 Å². The summed E-state index contributed by atoms with van der Waals surface area (Å²) in [5.41, 5.74) is -0.284. The molecule has 0 saturated carbocycles. The second kappa shape index (κ2) is 4.42. The van der Waals surface area contributed by atoms with Crippen LogP contribution in [0.3, 0.4) is 0 Å². The van der Waals surface area contributed by atoms with Crippen molar-refractivity contribution in [3.05, 3.63) is 34.4 Å². The van der Waals surface area contributed by atoms with Gasteiger partial charge in [-0.15, -0.1) is 5.10 Å². The number of carbonyl (C=O) groups is 1. The van der Waals surface area contributed by atoms with Gasteiger partial charge in [-0.05, 0) is 23.9 Å². The van der Waals surface area contributed by atoms with Crippen molar-refractivity contribution in [1.82, 2.24) is 19.7 Å². The number of H-pyrrole nitrogens is 1. The van der Waals surface area contributed by atoms with Gasteiger partial charge in [0.25, 0.3) is 0 Å². The molecule has 0 aliphatic rings. The van der Waals surface area contributed by atoms with E-state index in [1.165, 1.54) is 29.9 Å². The highest BCUT2D eigenvalue weighted by molar-refractivity contribution is 7.99. The summed E-state index contributed by atoms with van der Waals surface area (Å²) in [6, 6.07) is 2.99. The van der Waals surface area contributed by atoms with Crippen LogP contribution in [0.25, 0.3) is 0 Å². The topological polar surface area (TPSA) is 101 Å². The second-order valence-corrected chi connectivity index (χ2v) is 4.09. The van der Waals surface area contributed by atoms with E-state index < -0.39 is 5.97 Å². The van der Waals surface area contributed by atoms with E-state index in [-0.39, 0.29) is 11.3 Å². The molecule has 2 rings (SSSR count). The number of hydrogen-bond acceptors (Lipinski definition) is 5. The monoisotopic (exact) mass is 252 g/mol. The smallest absolute Gasteiger partial charge is 0.343 e. The van der Waals surface area contributed by atoms with E-state index in [1.54, 1.807) is 0 Å². The quantitative estimate of drug-likeness (QED) is 0.817. The molecular formula is C9H8N4O3S. The summed E-state index contributed by atoms with van der Waals surface area (Å²) in [7, 11) is 1.54. The zero-order chi connectivity index (χ0) is 12.4. The van der Waals surface area contributed by atoms with Gasteiger partial charge in [0.1, 0.15) is 5.03 Å². The average Bonchev–Trinajstić information content (AvgIpc) is 2.61. The minimum Gasteiger partial charge on any atom is -0.478 e. The molecule has 8 heteroatoms. The van der Waals surface area contributed by atoms with Crippen molar-refractivity contribution in [2.75, 3.05) is 0 Å². The molecule has 0 atom stereocenters. The number of rotatable bonds is 3. The van der Waals surface area contributed by atoms with E-state index in [9.17, 15) is 9.59 Å². The summed E-state index contributed by atoms with van der Waals surface area (Å²) in [6.45, 7) is 0. The predicted octanol–water partition coefficient (Wildman–Crippen LogP) is 0.353. The Morgan fingerprint density at radius 3 is 2.94 bits per heavy atom. The third-order valence-corrected chi connectivity index (χ3v) is 3.09. The number of nitrogens with zero attached hydrogens (tertiary/aromatic N) is 3. The van der Waals surface area contributed by atoms with Crippen LogP contribution in [0.4, 0.5) is 0 Å². The van der Waals surface area contributed by atoms with Crippen molar-refractivity contribution in [3.8, 4) is 0 Å². The van der Waals surface area contributed by atoms with Crippen LogP contribution in [0, 0.1) is 0 Å². The van der Waals surface area contributed by atoms with Crippen LogP contribution in [0.5, 0.6) is 0 Å². The third-order valence-electron chi connectivity index (χ3n) is 2.03. The molecule has 0 radical (unpaired) electrons. The molecule has 0 bridgehead atoms.